The van der Waals surface area contributed by atoms with Crippen molar-refractivity contribution in [3.05, 3.63) is 145 Å². The Morgan fingerprint density at radius 2 is 1.58 bits per heavy atom. The molecule has 2 aliphatic carbocycles. The van der Waals surface area contributed by atoms with Gasteiger partial charge in [-0.15, -0.1) is 0 Å². The number of allylic oxidation sites excluding steroid dienone is 2. The summed E-state index contributed by atoms with van der Waals surface area (Å²) in [7, 11) is 1.37. The molecule has 17 heteroatoms. The Hall–Kier alpha value is -5.65. The van der Waals surface area contributed by atoms with Gasteiger partial charge >= 0.3 is 6.18 Å². The third kappa shape index (κ3) is 6.66. The number of para-hydroxylation sites is 1. The van der Waals surface area contributed by atoms with Gasteiger partial charge in [0.15, 0.2) is 17.3 Å². The molecule has 9 rings (SSSR count). The van der Waals surface area contributed by atoms with Crippen LogP contribution in [0.1, 0.15) is 35.4 Å². The van der Waals surface area contributed by atoms with Gasteiger partial charge in [0.05, 0.1) is 50.1 Å². The van der Waals surface area contributed by atoms with E-state index in [4.69, 9.17) is 27.9 Å². The second-order valence-corrected chi connectivity index (χ2v) is 17.5. The van der Waals surface area contributed by atoms with Crippen molar-refractivity contribution in [2.45, 2.75) is 30.4 Å². The first-order valence-corrected chi connectivity index (χ1v) is 21.2. The molecule has 6 unspecified atom stereocenters. The van der Waals surface area contributed by atoms with Crippen molar-refractivity contribution in [3.8, 4) is 11.5 Å². The van der Waals surface area contributed by atoms with E-state index >= 15 is 9.59 Å². The van der Waals surface area contributed by atoms with Crippen molar-refractivity contribution in [1.29, 1.82) is 0 Å². The molecule has 2 aliphatic heterocycles. The second kappa shape index (κ2) is 15.6. The molecule has 4 aliphatic rings. The number of aromatic hydroxyl groups is 1. The van der Waals surface area contributed by atoms with Crippen LogP contribution in [0.15, 0.2) is 115 Å². The molecule has 11 nitrogen and oxygen atoms in total. The number of carbonyl (C=O) groups is 4. The zero-order valence-electron chi connectivity index (χ0n) is 32.3. The summed E-state index contributed by atoms with van der Waals surface area (Å²) in [5, 5.41) is 14.8. The van der Waals surface area contributed by atoms with Crippen LogP contribution in [0.25, 0.3) is 0 Å². The predicted molar refractivity (Wildman–Crippen MR) is 233 cm³/mol. The number of rotatable bonds is 8. The summed E-state index contributed by atoms with van der Waals surface area (Å²) in [6.07, 6.45) is -2.28. The van der Waals surface area contributed by atoms with Gasteiger partial charge < -0.3 is 15.2 Å². The fraction of sp³-hybridized carbons (Fsp3) is 0.222. The minimum absolute atomic E-state index is 0.0673. The van der Waals surface area contributed by atoms with Crippen molar-refractivity contribution in [3.63, 3.8) is 0 Å². The van der Waals surface area contributed by atoms with E-state index in [1.807, 2.05) is 59.0 Å². The fourth-order valence-corrected chi connectivity index (χ4v) is 10.7. The predicted octanol–water partition coefficient (Wildman–Crippen LogP) is 9.66. The van der Waals surface area contributed by atoms with E-state index < -0.39 is 75.4 Å². The number of aromatic nitrogens is 1. The van der Waals surface area contributed by atoms with E-state index in [9.17, 15) is 27.9 Å². The van der Waals surface area contributed by atoms with E-state index in [1.165, 1.54) is 12.0 Å². The number of hydrazine groups is 1. The fourth-order valence-electron chi connectivity index (χ4n) is 9.71. The first-order valence-electron chi connectivity index (χ1n) is 19.3. The van der Waals surface area contributed by atoms with Gasteiger partial charge in [0, 0.05) is 28.5 Å². The summed E-state index contributed by atoms with van der Waals surface area (Å²) in [5.74, 6) is -7.53. The van der Waals surface area contributed by atoms with Crippen molar-refractivity contribution in [1.82, 2.24) is 9.99 Å². The lowest BCUT2D eigenvalue weighted by atomic mass is 9.49. The SMILES string of the molecule is COc1cc(C2C3=CCC4C(=O)N(c5ccc(Nc6ccccc6)cc5)C(=O)C4C3CC3C(=O)N(Nc4ncc(C(F)(F)F)cc4Cl)C(=O)C32c2ccc(Cl)cc2)cc(I)c1O. The molecule has 4 aromatic carbocycles. The van der Waals surface area contributed by atoms with Gasteiger partial charge in [-0.2, -0.15) is 18.2 Å². The highest BCUT2D eigenvalue weighted by molar-refractivity contribution is 14.1. The van der Waals surface area contributed by atoms with Gasteiger partial charge in [0.1, 0.15) is 0 Å². The Morgan fingerprint density at radius 3 is 2.24 bits per heavy atom. The number of imide groups is 2. The highest BCUT2D eigenvalue weighted by atomic mass is 127. The quantitative estimate of drug-likeness (QED) is 0.0788. The topological polar surface area (TPSA) is 141 Å². The number of phenolic OH excluding ortho intramolecular Hbond substituents is 1. The number of nitrogens with one attached hydrogen (secondary N) is 2. The smallest absolute Gasteiger partial charge is 0.417 e. The van der Waals surface area contributed by atoms with Gasteiger partial charge in [0.2, 0.25) is 11.8 Å². The van der Waals surface area contributed by atoms with E-state index in [2.05, 4.69) is 15.7 Å². The Bertz CT molecular complexity index is 2710. The van der Waals surface area contributed by atoms with Gasteiger partial charge in [0.25, 0.3) is 11.8 Å². The first kappa shape index (κ1) is 41.7. The molecule has 3 heterocycles. The number of amides is 4. The minimum atomic E-state index is -4.77. The number of benzene rings is 4. The molecule has 3 fully saturated rings. The molecule has 0 bridgehead atoms. The molecule has 2 saturated heterocycles. The van der Waals surface area contributed by atoms with Crippen LogP contribution < -0.4 is 20.4 Å². The van der Waals surface area contributed by atoms with Gasteiger partial charge in [-0.3, -0.25) is 29.5 Å². The minimum Gasteiger partial charge on any atom is -0.504 e. The van der Waals surface area contributed by atoms with E-state index in [1.54, 1.807) is 60.7 Å². The lowest BCUT2D eigenvalue weighted by molar-refractivity contribution is -0.139. The van der Waals surface area contributed by atoms with Gasteiger partial charge in [-0.1, -0.05) is 65.2 Å². The average Bonchev–Trinajstić information content (AvgIpc) is 3.63. The summed E-state index contributed by atoms with van der Waals surface area (Å²) in [6, 6.07) is 26.8. The molecule has 4 amide bonds. The molecule has 3 N–H and O–H groups in total. The number of pyridine rings is 1. The van der Waals surface area contributed by atoms with Crippen LogP contribution in [0.3, 0.4) is 0 Å². The summed E-state index contributed by atoms with van der Waals surface area (Å²) in [6.45, 7) is 0. The zero-order chi connectivity index (χ0) is 43.8. The summed E-state index contributed by atoms with van der Waals surface area (Å²) >= 11 is 14.6. The van der Waals surface area contributed by atoms with E-state index in [-0.39, 0.29) is 30.2 Å². The van der Waals surface area contributed by atoms with E-state index in [0.29, 0.717) is 43.2 Å². The molecule has 6 atom stereocenters. The highest BCUT2D eigenvalue weighted by Gasteiger charge is 2.70. The number of nitrogens with zero attached hydrogens (tertiary/aromatic N) is 3. The maximum atomic E-state index is 15.5. The van der Waals surface area contributed by atoms with Crippen LogP contribution in [0.2, 0.25) is 10.0 Å². The second-order valence-electron chi connectivity index (χ2n) is 15.5. The average molecular weight is 995 g/mol. The largest absolute Gasteiger partial charge is 0.504 e. The van der Waals surface area contributed by atoms with Crippen LogP contribution in [0, 0.1) is 27.2 Å². The van der Waals surface area contributed by atoms with E-state index in [0.717, 1.165) is 16.4 Å². The molecule has 1 saturated carbocycles. The molecule has 5 aromatic rings. The number of fused-ring (bicyclic) bond motifs is 4. The molecule has 0 radical (unpaired) electrons. The number of hydrogen-bond acceptors (Lipinski definition) is 9. The van der Waals surface area contributed by atoms with Crippen LogP contribution in [0.5, 0.6) is 11.5 Å². The zero-order valence-corrected chi connectivity index (χ0v) is 36.0. The number of halogens is 6. The molecule has 316 valence electrons. The Morgan fingerprint density at radius 1 is 0.887 bits per heavy atom. The number of hydrogen-bond donors (Lipinski definition) is 3. The van der Waals surface area contributed by atoms with Crippen molar-refractivity contribution >= 4 is 92.3 Å². The summed E-state index contributed by atoms with van der Waals surface area (Å²) in [4.78, 5) is 64.7. The Labute approximate surface area is 376 Å². The van der Waals surface area contributed by atoms with Crippen molar-refractivity contribution < 1.29 is 42.2 Å². The normalized spacial score (nSPS) is 24.4. The number of anilines is 4. The number of ether oxygens (including phenoxy) is 1. The summed E-state index contributed by atoms with van der Waals surface area (Å²) in [5.41, 5.74) is 3.16. The third-order valence-electron chi connectivity index (χ3n) is 12.3. The van der Waals surface area contributed by atoms with Gasteiger partial charge in [-0.25, -0.2) is 4.98 Å². The lowest BCUT2D eigenvalue weighted by Crippen LogP contribution is -2.53. The van der Waals surface area contributed by atoms with Gasteiger partial charge in [-0.05, 0) is 119 Å². The molecular weight excluding hydrogens is 961 g/mol. The molecule has 0 spiro atoms. The third-order valence-corrected chi connectivity index (χ3v) is 13.7. The van der Waals surface area contributed by atoms with Crippen LogP contribution in [-0.2, 0) is 30.8 Å². The van der Waals surface area contributed by atoms with Crippen LogP contribution >= 0.6 is 45.8 Å². The number of alkyl halides is 3. The monoisotopic (exact) mass is 993 g/mol. The standard InChI is InChI=1S/C45H33Cl2F3IN5O6/c1-62-35-18-22(17-34(51)38(35)57)37-29-15-16-30-36(42(60)55(40(30)58)28-13-11-27(12-14-28)53-26-5-3-2-4-6-26)31(29)20-32-41(59)56(43(61)44(32,37)23-7-9-25(46)10-8-23)54-39-33(47)19-24(21-52-39)45(48,49)50/h2-15,17-19,21,30-32,36-37,53,57H,16,20H2,1H3,(H,52,54). The number of phenols is 1. The lowest BCUT2D eigenvalue weighted by Gasteiger charge is -2.50. The first-order chi connectivity index (χ1) is 29.6. The molecular formula is C45H33Cl2F3IN5O6. The Kier molecular flexibility index (Phi) is 10.5. The Balaban J connectivity index is 1.17. The molecule has 1 aromatic heterocycles. The highest BCUT2D eigenvalue weighted by Crippen LogP contribution is 2.65. The van der Waals surface area contributed by atoms with Crippen LogP contribution in [0.4, 0.5) is 36.1 Å². The maximum Gasteiger partial charge on any atom is 0.417 e. The van der Waals surface area contributed by atoms with Crippen LogP contribution in [-0.4, -0.2) is 45.8 Å². The van der Waals surface area contributed by atoms with Crippen molar-refractivity contribution in [2.24, 2.45) is 23.7 Å². The molecule has 62 heavy (non-hydrogen) atoms. The number of methoxy groups -OCH3 is 1. The maximum absolute atomic E-state index is 15.5. The number of carbonyl (C=O) groups excluding carboxylic acids is 4. The van der Waals surface area contributed by atoms with Crippen molar-refractivity contribution in [2.75, 3.05) is 22.8 Å². The summed E-state index contributed by atoms with van der Waals surface area (Å²) < 4.78 is 46.7.